The molecule has 2 bridgehead atoms. The summed E-state index contributed by atoms with van der Waals surface area (Å²) in [4.78, 5) is 25.9. The molecule has 2 aliphatic heterocycles. The molecular weight excluding hydrogens is 364 g/mol. The molecule has 3 atom stereocenters. The number of methoxy groups -OCH3 is 4. The Hall–Kier alpha value is -2.80. The van der Waals surface area contributed by atoms with E-state index in [1.165, 1.54) is 28.4 Å². The zero-order valence-electron chi connectivity index (χ0n) is 16.4. The van der Waals surface area contributed by atoms with Gasteiger partial charge < -0.3 is 23.7 Å². The summed E-state index contributed by atoms with van der Waals surface area (Å²) in [5.74, 6) is -2.29. The maximum atomic E-state index is 13.1. The van der Waals surface area contributed by atoms with Gasteiger partial charge in [0.2, 0.25) is 11.5 Å². The smallest absolute Gasteiger partial charge is 0.320 e. The Kier molecular flexibility index (Phi) is 5.47. The van der Waals surface area contributed by atoms with Gasteiger partial charge in [0.1, 0.15) is 5.92 Å². The fourth-order valence-electron chi connectivity index (χ4n) is 3.90. The van der Waals surface area contributed by atoms with Crippen LogP contribution in [0.5, 0.6) is 17.2 Å². The van der Waals surface area contributed by atoms with Crippen molar-refractivity contribution in [2.75, 3.05) is 28.4 Å². The van der Waals surface area contributed by atoms with Gasteiger partial charge in [0, 0.05) is 25.0 Å². The lowest BCUT2D eigenvalue weighted by molar-refractivity contribution is -0.220. The molecule has 1 fully saturated rings. The number of hydrogen-bond acceptors (Lipinski definition) is 7. The van der Waals surface area contributed by atoms with Crippen LogP contribution in [0.25, 0.3) is 0 Å². The third kappa shape index (κ3) is 3.16. The Morgan fingerprint density at radius 3 is 2.29 bits per heavy atom. The van der Waals surface area contributed by atoms with Crippen molar-refractivity contribution in [3.05, 3.63) is 42.0 Å². The Labute approximate surface area is 163 Å². The SMILES string of the molecule is C=CCC1=C[C@]2(OC)C[C@@H](c3cc(OC)c(OC)c(OC)c3)[C@@H](C(=O)O2)C1=O. The number of benzene rings is 1. The first-order valence-corrected chi connectivity index (χ1v) is 8.88. The van der Waals surface area contributed by atoms with E-state index in [-0.39, 0.29) is 5.78 Å². The Morgan fingerprint density at radius 1 is 1.14 bits per heavy atom. The molecule has 3 aliphatic rings. The summed E-state index contributed by atoms with van der Waals surface area (Å²) in [6.45, 7) is 3.69. The van der Waals surface area contributed by atoms with Crippen LogP contribution in [0.3, 0.4) is 0 Å². The maximum absolute atomic E-state index is 13.1. The average Bonchev–Trinajstić information content (AvgIpc) is 2.88. The molecular formula is C21H24O7. The van der Waals surface area contributed by atoms with E-state index in [0.717, 1.165) is 0 Å². The number of rotatable bonds is 7. The molecule has 28 heavy (non-hydrogen) atoms. The molecule has 1 aromatic rings. The fourth-order valence-corrected chi connectivity index (χ4v) is 3.90. The number of Topliss-reactive ketones (excluding diaryl/α,β-unsaturated/α-hetero) is 1. The monoisotopic (exact) mass is 388 g/mol. The van der Waals surface area contributed by atoms with Crippen molar-refractivity contribution in [2.24, 2.45) is 5.92 Å². The summed E-state index contributed by atoms with van der Waals surface area (Å²) in [6, 6.07) is 3.51. The van der Waals surface area contributed by atoms with Crippen LogP contribution in [-0.2, 0) is 19.1 Å². The maximum Gasteiger partial charge on any atom is 0.320 e. The molecule has 0 N–H and O–H groups in total. The minimum absolute atomic E-state index is 0.278. The third-order valence-electron chi connectivity index (χ3n) is 5.25. The van der Waals surface area contributed by atoms with Crippen molar-refractivity contribution >= 4 is 11.8 Å². The second-order valence-corrected chi connectivity index (χ2v) is 6.71. The topological polar surface area (TPSA) is 80.3 Å². The van der Waals surface area contributed by atoms with E-state index in [9.17, 15) is 9.59 Å². The van der Waals surface area contributed by atoms with Crippen molar-refractivity contribution in [1.29, 1.82) is 0 Å². The van der Waals surface area contributed by atoms with Gasteiger partial charge in [0.05, 0.1) is 21.3 Å². The van der Waals surface area contributed by atoms with E-state index >= 15 is 0 Å². The van der Waals surface area contributed by atoms with Crippen LogP contribution in [0, 0.1) is 5.92 Å². The van der Waals surface area contributed by atoms with Gasteiger partial charge in [-0.1, -0.05) is 6.08 Å². The van der Waals surface area contributed by atoms with Crippen LogP contribution < -0.4 is 14.2 Å². The summed E-state index contributed by atoms with van der Waals surface area (Å²) >= 11 is 0. The number of carbonyl (C=O) groups excluding carboxylic acids is 2. The van der Waals surface area contributed by atoms with E-state index in [2.05, 4.69) is 6.58 Å². The lowest BCUT2D eigenvalue weighted by Gasteiger charge is -2.38. The van der Waals surface area contributed by atoms with Crippen molar-refractivity contribution < 1.29 is 33.3 Å². The summed E-state index contributed by atoms with van der Waals surface area (Å²) in [7, 11) is 6.00. The van der Waals surface area contributed by atoms with Crippen LogP contribution in [0.1, 0.15) is 24.3 Å². The summed E-state index contributed by atoms with van der Waals surface area (Å²) in [6.07, 6.45) is 3.85. The lowest BCUT2D eigenvalue weighted by atomic mass is 9.78. The molecule has 7 nitrogen and oxygen atoms in total. The van der Waals surface area contributed by atoms with E-state index < -0.39 is 23.6 Å². The number of carbonyl (C=O) groups is 2. The molecule has 0 spiro atoms. The van der Waals surface area contributed by atoms with Crippen LogP contribution in [0.2, 0.25) is 0 Å². The number of ketones is 1. The number of esters is 1. The second-order valence-electron chi connectivity index (χ2n) is 6.71. The lowest BCUT2D eigenvalue weighted by Crippen LogP contribution is -2.46. The highest BCUT2D eigenvalue weighted by atomic mass is 16.7. The number of allylic oxidation sites excluding steroid dienone is 2. The highest BCUT2D eigenvalue weighted by molar-refractivity contribution is 6.10. The minimum Gasteiger partial charge on any atom is -0.493 e. The zero-order chi connectivity index (χ0) is 20.5. The van der Waals surface area contributed by atoms with Crippen LogP contribution in [0.15, 0.2) is 36.4 Å². The quantitative estimate of drug-likeness (QED) is 0.404. The first-order chi connectivity index (χ1) is 13.4. The Balaban J connectivity index is 2.15. The van der Waals surface area contributed by atoms with Crippen LogP contribution >= 0.6 is 0 Å². The molecule has 0 radical (unpaired) electrons. The van der Waals surface area contributed by atoms with Gasteiger partial charge in [0.15, 0.2) is 17.3 Å². The highest BCUT2D eigenvalue weighted by Crippen LogP contribution is 2.49. The van der Waals surface area contributed by atoms with Gasteiger partial charge in [-0.15, -0.1) is 6.58 Å². The van der Waals surface area contributed by atoms with Crippen molar-refractivity contribution in [1.82, 2.24) is 0 Å². The van der Waals surface area contributed by atoms with Crippen molar-refractivity contribution in [3.63, 3.8) is 0 Å². The molecule has 1 aromatic carbocycles. The number of fused-ring (bicyclic) bond motifs is 3. The minimum atomic E-state index is -1.30. The van der Waals surface area contributed by atoms with Gasteiger partial charge in [-0.3, -0.25) is 9.59 Å². The summed E-state index contributed by atoms with van der Waals surface area (Å²) in [5.41, 5.74) is 1.17. The standard InChI is InChI=1S/C21H24O7/c1-6-7-12-10-21(27-5)11-14(17(18(12)22)20(23)28-21)13-8-15(24-2)19(26-4)16(9-13)25-3/h6,8-10,14,17H,1,7,11H2,2-5H3/t14-,17+,21+/m0/s1. The van der Waals surface area contributed by atoms with Crippen molar-refractivity contribution in [2.45, 2.75) is 24.5 Å². The van der Waals surface area contributed by atoms with Gasteiger partial charge in [0.25, 0.3) is 0 Å². The largest absolute Gasteiger partial charge is 0.493 e. The molecule has 150 valence electrons. The molecule has 0 aromatic heterocycles. The summed E-state index contributed by atoms with van der Waals surface area (Å²) < 4.78 is 27.3. The normalized spacial score (nSPS) is 26.2. The predicted octanol–water partition coefficient (Wildman–Crippen LogP) is 2.79. The zero-order valence-corrected chi connectivity index (χ0v) is 16.4. The molecule has 1 aliphatic carbocycles. The van der Waals surface area contributed by atoms with Gasteiger partial charge >= 0.3 is 5.97 Å². The third-order valence-corrected chi connectivity index (χ3v) is 5.25. The molecule has 2 heterocycles. The first kappa shape index (κ1) is 19.9. The summed E-state index contributed by atoms with van der Waals surface area (Å²) in [5, 5.41) is 0. The molecule has 1 saturated heterocycles. The van der Waals surface area contributed by atoms with E-state index in [0.29, 0.717) is 41.2 Å². The van der Waals surface area contributed by atoms with Crippen molar-refractivity contribution in [3.8, 4) is 17.2 Å². The highest BCUT2D eigenvalue weighted by Gasteiger charge is 2.54. The molecule has 7 heteroatoms. The molecule has 0 saturated carbocycles. The Morgan fingerprint density at radius 2 is 1.79 bits per heavy atom. The molecule has 0 amide bonds. The van der Waals surface area contributed by atoms with E-state index in [1.807, 2.05) is 0 Å². The average molecular weight is 388 g/mol. The van der Waals surface area contributed by atoms with Crippen LogP contribution in [0.4, 0.5) is 0 Å². The predicted molar refractivity (Wildman–Crippen MR) is 101 cm³/mol. The fraction of sp³-hybridized carbons (Fsp3) is 0.429. The van der Waals surface area contributed by atoms with E-state index in [1.54, 1.807) is 24.3 Å². The van der Waals surface area contributed by atoms with E-state index in [4.69, 9.17) is 23.7 Å². The Bertz CT molecular complexity index is 816. The second kappa shape index (κ2) is 7.67. The molecule has 0 unspecified atom stereocenters. The number of ether oxygens (including phenoxy) is 5. The van der Waals surface area contributed by atoms with Gasteiger partial charge in [-0.25, -0.2) is 0 Å². The first-order valence-electron chi connectivity index (χ1n) is 8.88. The van der Waals surface area contributed by atoms with Crippen LogP contribution in [-0.4, -0.2) is 46.0 Å². The van der Waals surface area contributed by atoms with Gasteiger partial charge in [-0.2, -0.15) is 0 Å². The van der Waals surface area contributed by atoms with Gasteiger partial charge in [-0.05, 0) is 30.2 Å². The number of hydrogen-bond donors (Lipinski definition) is 0. The molecule has 4 rings (SSSR count).